The van der Waals surface area contributed by atoms with Crippen LogP contribution in [0, 0.1) is 5.92 Å². The minimum absolute atomic E-state index is 0.0451. The van der Waals surface area contributed by atoms with Gasteiger partial charge in [-0.15, -0.1) is 11.8 Å². The molecule has 1 aromatic carbocycles. The number of carbonyl (C=O) groups is 1. The summed E-state index contributed by atoms with van der Waals surface area (Å²) in [5.41, 5.74) is 0.261. The third-order valence-electron chi connectivity index (χ3n) is 2.62. The number of ketones is 1. The van der Waals surface area contributed by atoms with Gasteiger partial charge in [0.25, 0.3) is 0 Å². The van der Waals surface area contributed by atoms with Gasteiger partial charge in [0.1, 0.15) is 0 Å². The highest BCUT2D eigenvalue weighted by Gasteiger charge is 2.47. The van der Waals surface area contributed by atoms with Gasteiger partial charge in [0, 0.05) is 16.2 Å². The van der Waals surface area contributed by atoms with Crippen LogP contribution in [-0.4, -0.2) is 28.9 Å². The molecule has 1 aromatic rings. The first kappa shape index (κ1) is 12.4. The molecule has 0 fully saturated rings. The number of carbonyl (C=O) groups excluding carboxylic acids is 1. The van der Waals surface area contributed by atoms with E-state index < -0.39 is 24.0 Å². The summed E-state index contributed by atoms with van der Waals surface area (Å²) in [5, 5.41) is 9.15. The number of Topliss-reactive ketones (excluding diaryl/α,β-unsaturated/α-hetero) is 1. The van der Waals surface area contributed by atoms with E-state index in [1.807, 2.05) is 0 Å². The molecule has 1 heterocycles. The van der Waals surface area contributed by atoms with E-state index >= 15 is 0 Å². The second-order valence-electron chi connectivity index (χ2n) is 3.76. The summed E-state index contributed by atoms with van der Waals surface area (Å²) in [5.74, 6) is -2.09. The number of aliphatic hydroxyl groups excluding tert-OH is 1. The maximum atomic E-state index is 12.4. The van der Waals surface area contributed by atoms with Crippen molar-refractivity contribution >= 4 is 17.5 Å². The number of hydrogen-bond acceptors (Lipinski definition) is 3. The summed E-state index contributed by atoms with van der Waals surface area (Å²) in [7, 11) is 0. The van der Waals surface area contributed by atoms with E-state index in [2.05, 4.69) is 0 Å². The SMILES string of the molecule is O=C1c2ccccc2SC[C@H]1[C@H](O)C(F)(F)F. The van der Waals surface area contributed by atoms with E-state index in [-0.39, 0.29) is 11.3 Å². The Hall–Kier alpha value is -1.01. The molecule has 2 nitrogen and oxygen atoms in total. The maximum absolute atomic E-state index is 12.4. The van der Waals surface area contributed by atoms with Crippen LogP contribution in [0.15, 0.2) is 29.2 Å². The van der Waals surface area contributed by atoms with Crippen LogP contribution in [0.3, 0.4) is 0 Å². The van der Waals surface area contributed by atoms with Crippen LogP contribution in [0.25, 0.3) is 0 Å². The Bertz CT molecular complexity index is 445. The number of benzene rings is 1. The van der Waals surface area contributed by atoms with E-state index in [0.29, 0.717) is 4.90 Å². The number of halogens is 3. The summed E-state index contributed by atoms with van der Waals surface area (Å²) >= 11 is 1.16. The van der Waals surface area contributed by atoms with Gasteiger partial charge in [-0.1, -0.05) is 18.2 Å². The van der Waals surface area contributed by atoms with E-state index in [0.717, 1.165) is 11.8 Å². The number of rotatable bonds is 1. The molecule has 1 aliphatic rings. The van der Waals surface area contributed by atoms with Crippen molar-refractivity contribution in [2.75, 3.05) is 5.75 Å². The Labute approximate surface area is 99.8 Å². The van der Waals surface area contributed by atoms with Gasteiger partial charge in [-0.05, 0) is 6.07 Å². The Balaban J connectivity index is 2.29. The number of hydrogen-bond donors (Lipinski definition) is 1. The Morgan fingerprint density at radius 3 is 2.65 bits per heavy atom. The van der Waals surface area contributed by atoms with E-state index in [4.69, 9.17) is 5.11 Å². The van der Waals surface area contributed by atoms with Crippen LogP contribution in [0.2, 0.25) is 0 Å². The lowest BCUT2D eigenvalue weighted by Crippen LogP contribution is -2.42. The number of aliphatic hydroxyl groups is 1. The topological polar surface area (TPSA) is 37.3 Å². The zero-order valence-corrected chi connectivity index (χ0v) is 9.39. The molecule has 0 saturated carbocycles. The van der Waals surface area contributed by atoms with Crippen molar-refractivity contribution in [3.05, 3.63) is 29.8 Å². The lowest BCUT2D eigenvalue weighted by atomic mass is 9.93. The molecule has 92 valence electrons. The van der Waals surface area contributed by atoms with Crippen molar-refractivity contribution in [2.45, 2.75) is 17.2 Å². The van der Waals surface area contributed by atoms with Gasteiger partial charge in [0.2, 0.25) is 0 Å². The first-order chi connectivity index (χ1) is 7.91. The standard InChI is InChI=1S/C11H9F3O2S/c12-11(13,14)10(16)7-5-17-8-4-2-1-3-6(8)9(7)15/h1-4,7,10,16H,5H2/t7-,10+/m1/s1. The summed E-state index contributed by atoms with van der Waals surface area (Å²) < 4.78 is 37.1. The quantitative estimate of drug-likeness (QED) is 0.845. The van der Waals surface area contributed by atoms with Crippen molar-refractivity contribution in [1.29, 1.82) is 0 Å². The van der Waals surface area contributed by atoms with Crippen LogP contribution < -0.4 is 0 Å². The molecule has 0 radical (unpaired) electrons. The van der Waals surface area contributed by atoms with Crippen LogP contribution in [-0.2, 0) is 0 Å². The van der Waals surface area contributed by atoms with E-state index in [9.17, 15) is 18.0 Å². The highest BCUT2D eigenvalue weighted by Crippen LogP contribution is 2.37. The molecule has 0 amide bonds. The summed E-state index contributed by atoms with van der Waals surface area (Å²) in [6.45, 7) is 0. The number of thioether (sulfide) groups is 1. The molecule has 0 bridgehead atoms. The molecule has 1 N–H and O–H groups in total. The monoisotopic (exact) mass is 262 g/mol. The molecule has 0 aliphatic carbocycles. The molecular formula is C11H9F3O2S. The Morgan fingerprint density at radius 2 is 2.00 bits per heavy atom. The van der Waals surface area contributed by atoms with Gasteiger partial charge in [0.05, 0.1) is 5.92 Å². The average molecular weight is 262 g/mol. The summed E-state index contributed by atoms with van der Waals surface area (Å²) in [6.07, 6.45) is -7.34. The van der Waals surface area contributed by atoms with Crippen molar-refractivity contribution in [1.82, 2.24) is 0 Å². The zero-order valence-electron chi connectivity index (χ0n) is 8.57. The Morgan fingerprint density at radius 1 is 1.35 bits per heavy atom. The summed E-state index contributed by atoms with van der Waals surface area (Å²) in [4.78, 5) is 12.5. The maximum Gasteiger partial charge on any atom is 0.415 e. The van der Waals surface area contributed by atoms with Crippen LogP contribution in [0.5, 0.6) is 0 Å². The molecule has 6 heteroatoms. The molecule has 2 rings (SSSR count). The normalized spacial score (nSPS) is 22.1. The molecule has 0 aromatic heterocycles. The van der Waals surface area contributed by atoms with Crippen molar-refractivity contribution in [3.63, 3.8) is 0 Å². The van der Waals surface area contributed by atoms with Crippen LogP contribution in [0.4, 0.5) is 13.2 Å². The highest BCUT2D eigenvalue weighted by molar-refractivity contribution is 7.99. The van der Waals surface area contributed by atoms with E-state index in [1.54, 1.807) is 18.2 Å². The van der Waals surface area contributed by atoms with Gasteiger partial charge >= 0.3 is 6.18 Å². The first-order valence-electron chi connectivity index (χ1n) is 4.92. The minimum atomic E-state index is -4.76. The predicted molar refractivity (Wildman–Crippen MR) is 57.0 cm³/mol. The fourth-order valence-electron chi connectivity index (χ4n) is 1.71. The highest BCUT2D eigenvalue weighted by atomic mass is 32.2. The second-order valence-corrected chi connectivity index (χ2v) is 4.83. The average Bonchev–Trinajstić information content (AvgIpc) is 2.28. The zero-order chi connectivity index (χ0) is 12.6. The van der Waals surface area contributed by atoms with Gasteiger partial charge in [-0.2, -0.15) is 13.2 Å². The fraction of sp³-hybridized carbons (Fsp3) is 0.364. The van der Waals surface area contributed by atoms with Crippen LogP contribution in [0.1, 0.15) is 10.4 Å². The van der Waals surface area contributed by atoms with Crippen LogP contribution >= 0.6 is 11.8 Å². The second kappa shape index (κ2) is 4.34. The molecule has 17 heavy (non-hydrogen) atoms. The lowest BCUT2D eigenvalue weighted by molar-refractivity contribution is -0.212. The van der Waals surface area contributed by atoms with Gasteiger partial charge < -0.3 is 5.11 Å². The number of alkyl halides is 3. The lowest BCUT2D eigenvalue weighted by Gasteiger charge is -2.27. The molecule has 0 unspecified atom stereocenters. The van der Waals surface area contributed by atoms with Crippen molar-refractivity contribution in [3.8, 4) is 0 Å². The summed E-state index contributed by atoms with van der Waals surface area (Å²) in [6, 6.07) is 6.49. The molecule has 0 spiro atoms. The fourth-order valence-corrected chi connectivity index (χ4v) is 2.91. The molecule has 0 saturated heterocycles. The third kappa shape index (κ3) is 2.32. The Kier molecular flexibility index (Phi) is 3.18. The molecule has 1 aliphatic heterocycles. The van der Waals surface area contributed by atoms with Gasteiger partial charge in [-0.3, -0.25) is 4.79 Å². The molecule has 2 atom stereocenters. The number of fused-ring (bicyclic) bond motifs is 1. The van der Waals surface area contributed by atoms with E-state index in [1.165, 1.54) is 6.07 Å². The largest absolute Gasteiger partial charge is 0.415 e. The van der Waals surface area contributed by atoms with Gasteiger partial charge in [0.15, 0.2) is 11.9 Å². The minimum Gasteiger partial charge on any atom is -0.383 e. The van der Waals surface area contributed by atoms with Crippen molar-refractivity contribution < 1.29 is 23.1 Å². The third-order valence-corrected chi connectivity index (χ3v) is 3.82. The van der Waals surface area contributed by atoms with Gasteiger partial charge in [-0.25, -0.2) is 0 Å². The van der Waals surface area contributed by atoms with Crippen molar-refractivity contribution in [2.24, 2.45) is 5.92 Å². The molecular weight excluding hydrogens is 253 g/mol. The first-order valence-corrected chi connectivity index (χ1v) is 5.90. The predicted octanol–water partition coefficient (Wildman–Crippen LogP) is 2.51. The smallest absolute Gasteiger partial charge is 0.383 e.